The Labute approximate surface area is 199 Å². The molecule has 0 atom stereocenters. The lowest BCUT2D eigenvalue weighted by atomic mass is 9.87. The molecule has 0 heterocycles. The molecule has 176 valence electrons. The second-order valence-corrected chi connectivity index (χ2v) is 8.90. The monoisotopic (exact) mass is 459 g/mol. The van der Waals surface area contributed by atoms with Crippen LogP contribution in [0.15, 0.2) is 78.9 Å². The molecule has 0 aliphatic heterocycles. The Morgan fingerprint density at radius 3 is 1.94 bits per heavy atom. The van der Waals surface area contributed by atoms with Crippen molar-refractivity contribution >= 4 is 23.3 Å². The van der Waals surface area contributed by atoms with Crippen molar-refractivity contribution in [3.63, 3.8) is 0 Å². The Morgan fingerprint density at radius 1 is 0.765 bits per heavy atom. The number of hydrogen-bond acceptors (Lipinski definition) is 5. The zero-order chi connectivity index (χ0) is 24.6. The molecule has 0 saturated carbocycles. The van der Waals surface area contributed by atoms with Crippen LogP contribution in [-0.2, 0) is 19.7 Å². The highest BCUT2D eigenvalue weighted by atomic mass is 16.5. The van der Waals surface area contributed by atoms with Gasteiger partial charge in [0.05, 0.1) is 6.42 Å². The van der Waals surface area contributed by atoms with E-state index in [4.69, 9.17) is 9.47 Å². The van der Waals surface area contributed by atoms with E-state index < -0.39 is 5.97 Å². The van der Waals surface area contributed by atoms with E-state index in [2.05, 4.69) is 26.1 Å². The lowest BCUT2D eigenvalue weighted by Gasteiger charge is -2.19. The Bertz CT molecular complexity index is 1110. The molecule has 34 heavy (non-hydrogen) atoms. The van der Waals surface area contributed by atoms with Gasteiger partial charge in [0.2, 0.25) is 5.91 Å². The van der Waals surface area contributed by atoms with Gasteiger partial charge in [0, 0.05) is 17.7 Å². The van der Waals surface area contributed by atoms with Gasteiger partial charge in [-0.05, 0) is 47.4 Å². The summed E-state index contributed by atoms with van der Waals surface area (Å²) in [6.07, 6.45) is -0.156. The largest absolute Gasteiger partial charge is 0.457 e. The van der Waals surface area contributed by atoms with Crippen LogP contribution < -0.4 is 10.1 Å². The van der Waals surface area contributed by atoms with Crippen molar-refractivity contribution in [3.8, 4) is 11.5 Å². The Morgan fingerprint density at radius 2 is 1.35 bits per heavy atom. The number of amides is 1. The number of nitrogens with one attached hydrogen (secondary N) is 1. The van der Waals surface area contributed by atoms with E-state index in [-0.39, 0.29) is 36.6 Å². The molecule has 0 radical (unpaired) electrons. The van der Waals surface area contributed by atoms with E-state index in [1.54, 1.807) is 54.6 Å². The summed E-state index contributed by atoms with van der Waals surface area (Å²) in [5.74, 6) is 0.173. The van der Waals surface area contributed by atoms with Gasteiger partial charge in [0.25, 0.3) is 0 Å². The minimum atomic E-state index is -0.597. The minimum Gasteiger partial charge on any atom is -0.457 e. The number of Topliss-reactive ketones (excluding diaryl/α,β-unsaturated/α-hetero) is 1. The minimum absolute atomic E-state index is 0.0449. The lowest BCUT2D eigenvalue weighted by Crippen LogP contribution is -2.17. The fraction of sp³-hybridized carbons (Fsp3) is 0.250. The van der Waals surface area contributed by atoms with Crippen LogP contribution in [0.3, 0.4) is 0 Å². The summed E-state index contributed by atoms with van der Waals surface area (Å²) < 4.78 is 10.8. The van der Waals surface area contributed by atoms with Gasteiger partial charge in [-0.15, -0.1) is 0 Å². The van der Waals surface area contributed by atoms with Crippen LogP contribution >= 0.6 is 0 Å². The first-order valence-corrected chi connectivity index (χ1v) is 11.1. The van der Waals surface area contributed by atoms with E-state index in [0.29, 0.717) is 17.0 Å². The van der Waals surface area contributed by atoms with Gasteiger partial charge in [-0.3, -0.25) is 14.4 Å². The number of carbonyl (C=O) groups is 3. The molecule has 1 N–H and O–H groups in total. The summed E-state index contributed by atoms with van der Waals surface area (Å²) in [6, 6.07) is 23.5. The smallest absolute Gasteiger partial charge is 0.306 e. The average Bonchev–Trinajstić information content (AvgIpc) is 2.83. The molecule has 0 aromatic heterocycles. The van der Waals surface area contributed by atoms with Crippen LogP contribution in [0.25, 0.3) is 0 Å². The second kappa shape index (κ2) is 11.3. The molecule has 0 aliphatic rings. The summed E-state index contributed by atoms with van der Waals surface area (Å²) in [7, 11) is 0. The van der Waals surface area contributed by atoms with Gasteiger partial charge < -0.3 is 14.8 Å². The Hall–Kier alpha value is -3.93. The highest BCUT2D eigenvalue weighted by Crippen LogP contribution is 2.27. The number of carbonyl (C=O) groups excluding carboxylic acids is 3. The second-order valence-electron chi connectivity index (χ2n) is 8.90. The van der Waals surface area contributed by atoms with E-state index in [9.17, 15) is 14.4 Å². The predicted octanol–water partition coefficient (Wildman–Crippen LogP) is 5.92. The molecule has 1 amide bonds. The van der Waals surface area contributed by atoms with Crippen molar-refractivity contribution in [2.24, 2.45) is 0 Å². The first kappa shape index (κ1) is 24.7. The van der Waals surface area contributed by atoms with Crippen LogP contribution in [-0.4, -0.2) is 24.3 Å². The van der Waals surface area contributed by atoms with E-state index >= 15 is 0 Å². The number of rotatable bonds is 9. The molecule has 0 aliphatic carbocycles. The summed E-state index contributed by atoms with van der Waals surface area (Å²) in [5.41, 5.74) is 2.37. The molecule has 0 bridgehead atoms. The summed E-state index contributed by atoms with van der Waals surface area (Å²) in [4.78, 5) is 36.0. The van der Waals surface area contributed by atoms with Crippen LogP contribution in [0.1, 0.15) is 49.5 Å². The van der Waals surface area contributed by atoms with Gasteiger partial charge in [-0.25, -0.2) is 0 Å². The SMILES string of the molecule is CC(C)(C)c1ccc(Oc2ccc(NC(=O)CCC(=O)OCC(=O)c3ccccc3)cc2)cc1. The van der Waals surface area contributed by atoms with Crippen molar-refractivity contribution in [1.82, 2.24) is 0 Å². The first-order chi connectivity index (χ1) is 16.2. The fourth-order valence-corrected chi connectivity index (χ4v) is 3.13. The summed E-state index contributed by atoms with van der Waals surface area (Å²) >= 11 is 0. The van der Waals surface area contributed by atoms with E-state index in [1.165, 1.54) is 5.56 Å². The van der Waals surface area contributed by atoms with E-state index in [0.717, 1.165) is 5.75 Å². The topological polar surface area (TPSA) is 81.7 Å². The maximum Gasteiger partial charge on any atom is 0.306 e. The van der Waals surface area contributed by atoms with Gasteiger partial charge in [0.1, 0.15) is 11.5 Å². The number of ketones is 1. The zero-order valence-corrected chi connectivity index (χ0v) is 19.7. The third kappa shape index (κ3) is 7.59. The average molecular weight is 460 g/mol. The number of anilines is 1. The fourth-order valence-electron chi connectivity index (χ4n) is 3.13. The highest BCUT2D eigenvalue weighted by Gasteiger charge is 2.14. The molecule has 3 rings (SSSR count). The molecular weight excluding hydrogens is 430 g/mol. The lowest BCUT2D eigenvalue weighted by molar-refractivity contribution is -0.143. The van der Waals surface area contributed by atoms with Crippen molar-refractivity contribution in [3.05, 3.63) is 90.0 Å². The van der Waals surface area contributed by atoms with Crippen LogP contribution in [0.2, 0.25) is 0 Å². The Balaban J connectivity index is 1.41. The zero-order valence-electron chi connectivity index (χ0n) is 19.7. The molecule has 3 aromatic carbocycles. The van der Waals surface area contributed by atoms with Gasteiger partial charge in [0.15, 0.2) is 12.4 Å². The normalized spacial score (nSPS) is 10.9. The molecular formula is C28H29NO5. The van der Waals surface area contributed by atoms with Gasteiger partial charge >= 0.3 is 5.97 Å². The molecule has 3 aromatic rings. The molecule has 6 heteroatoms. The molecule has 0 unspecified atom stereocenters. The van der Waals surface area contributed by atoms with Crippen LogP contribution in [0.5, 0.6) is 11.5 Å². The van der Waals surface area contributed by atoms with E-state index in [1.807, 2.05) is 24.3 Å². The predicted molar refractivity (Wildman–Crippen MR) is 131 cm³/mol. The number of hydrogen-bond donors (Lipinski definition) is 1. The summed E-state index contributed by atoms with van der Waals surface area (Å²) in [5, 5.41) is 2.73. The number of esters is 1. The van der Waals surface area contributed by atoms with Crippen LogP contribution in [0, 0.1) is 0 Å². The summed E-state index contributed by atoms with van der Waals surface area (Å²) in [6.45, 7) is 6.13. The Kier molecular flexibility index (Phi) is 8.19. The van der Waals surface area contributed by atoms with Gasteiger partial charge in [-0.2, -0.15) is 0 Å². The molecule has 0 fully saturated rings. The third-order valence-corrected chi connectivity index (χ3v) is 5.11. The maximum atomic E-state index is 12.1. The molecule has 6 nitrogen and oxygen atoms in total. The van der Waals surface area contributed by atoms with Crippen molar-refractivity contribution in [2.45, 2.75) is 39.0 Å². The van der Waals surface area contributed by atoms with Crippen molar-refractivity contribution in [2.75, 3.05) is 11.9 Å². The maximum absolute atomic E-state index is 12.1. The number of ether oxygens (including phenoxy) is 2. The highest BCUT2D eigenvalue weighted by molar-refractivity contribution is 5.98. The molecule has 0 saturated heterocycles. The third-order valence-electron chi connectivity index (χ3n) is 5.11. The van der Waals surface area contributed by atoms with Gasteiger partial charge in [-0.1, -0.05) is 63.2 Å². The quantitative estimate of drug-likeness (QED) is 0.317. The standard InChI is InChI=1S/C28H29NO5/c1-28(2,3)21-9-13-23(14-10-21)34-24-15-11-22(12-16-24)29-26(31)17-18-27(32)33-19-25(30)20-7-5-4-6-8-20/h4-16H,17-19H2,1-3H3,(H,29,31). The first-order valence-electron chi connectivity index (χ1n) is 11.1. The van der Waals surface area contributed by atoms with Crippen molar-refractivity contribution < 1.29 is 23.9 Å². The molecule has 0 spiro atoms. The van der Waals surface area contributed by atoms with Crippen molar-refractivity contribution in [1.29, 1.82) is 0 Å². The number of benzene rings is 3. The van der Waals surface area contributed by atoms with Crippen LogP contribution in [0.4, 0.5) is 5.69 Å².